The van der Waals surface area contributed by atoms with Crippen LogP contribution in [-0.2, 0) is 6.54 Å². The van der Waals surface area contributed by atoms with E-state index in [1.54, 1.807) is 31.4 Å². The molecule has 0 amide bonds. The van der Waals surface area contributed by atoms with Gasteiger partial charge in [0, 0.05) is 6.07 Å². The van der Waals surface area contributed by atoms with Crippen LogP contribution < -0.4 is 10.6 Å². The van der Waals surface area contributed by atoms with Gasteiger partial charge in [0.15, 0.2) is 5.11 Å². The quantitative estimate of drug-likeness (QED) is 0.512. The van der Waals surface area contributed by atoms with Gasteiger partial charge >= 0.3 is 0 Å². The van der Waals surface area contributed by atoms with E-state index in [0.29, 0.717) is 17.3 Å². The van der Waals surface area contributed by atoms with Crippen LogP contribution in [0.5, 0.6) is 0 Å². The molecule has 0 unspecified atom stereocenters. The van der Waals surface area contributed by atoms with Crippen molar-refractivity contribution in [2.75, 3.05) is 5.32 Å². The van der Waals surface area contributed by atoms with Gasteiger partial charge in [-0.05, 0) is 42.9 Å². The Bertz CT molecular complexity index is 626. The van der Waals surface area contributed by atoms with Gasteiger partial charge in [-0.1, -0.05) is 6.07 Å². The molecule has 104 valence electrons. The van der Waals surface area contributed by atoms with Gasteiger partial charge < -0.3 is 15.1 Å². The standard InChI is InChI=1S/C13H13N3O3S/c1-9-4-5-11(12(7-9)16(17)18)15-13(20)14-8-10-3-2-6-19-10/h2-7H,8H2,1H3,(H2,14,15,20). The highest BCUT2D eigenvalue weighted by Crippen LogP contribution is 2.25. The monoisotopic (exact) mass is 291 g/mol. The third-order valence-corrected chi connectivity index (χ3v) is 2.85. The number of aryl methyl sites for hydroxylation is 1. The Morgan fingerprint density at radius 2 is 2.25 bits per heavy atom. The summed E-state index contributed by atoms with van der Waals surface area (Å²) in [7, 11) is 0. The van der Waals surface area contributed by atoms with Crippen molar-refractivity contribution in [1.29, 1.82) is 0 Å². The minimum atomic E-state index is -0.440. The zero-order valence-corrected chi connectivity index (χ0v) is 11.6. The number of thiocarbonyl (C=S) groups is 1. The lowest BCUT2D eigenvalue weighted by atomic mass is 10.2. The Kier molecular flexibility index (Phi) is 4.31. The number of nitrogens with zero attached hydrogens (tertiary/aromatic N) is 1. The van der Waals surface area contributed by atoms with Crippen LogP contribution in [0.2, 0.25) is 0 Å². The third kappa shape index (κ3) is 3.55. The zero-order chi connectivity index (χ0) is 14.5. The largest absolute Gasteiger partial charge is 0.467 e. The number of hydrogen-bond donors (Lipinski definition) is 2. The molecule has 20 heavy (non-hydrogen) atoms. The fourth-order valence-electron chi connectivity index (χ4n) is 1.65. The summed E-state index contributed by atoms with van der Waals surface area (Å²) < 4.78 is 5.15. The minimum absolute atomic E-state index is 0.00727. The van der Waals surface area contributed by atoms with Crippen LogP contribution in [0.25, 0.3) is 0 Å². The highest BCUT2D eigenvalue weighted by atomic mass is 32.1. The van der Waals surface area contributed by atoms with E-state index in [1.165, 1.54) is 6.07 Å². The van der Waals surface area contributed by atoms with Gasteiger partial charge in [-0.3, -0.25) is 10.1 Å². The van der Waals surface area contributed by atoms with Crippen molar-refractivity contribution < 1.29 is 9.34 Å². The van der Waals surface area contributed by atoms with Gasteiger partial charge in [0.1, 0.15) is 11.4 Å². The number of nitro groups is 1. The molecule has 1 aromatic heterocycles. The van der Waals surface area contributed by atoms with Gasteiger partial charge in [0.2, 0.25) is 0 Å². The first-order chi connectivity index (χ1) is 9.56. The first-order valence-corrected chi connectivity index (χ1v) is 6.29. The maximum absolute atomic E-state index is 11.0. The van der Waals surface area contributed by atoms with Gasteiger partial charge in [0.05, 0.1) is 17.7 Å². The number of furan rings is 1. The third-order valence-electron chi connectivity index (χ3n) is 2.60. The maximum atomic E-state index is 11.0. The van der Waals surface area contributed by atoms with E-state index >= 15 is 0 Å². The molecule has 0 saturated carbocycles. The molecule has 0 radical (unpaired) electrons. The van der Waals surface area contributed by atoms with Crippen LogP contribution in [0.15, 0.2) is 41.0 Å². The number of hydrogen-bond acceptors (Lipinski definition) is 4. The molecule has 2 rings (SSSR count). The molecule has 0 saturated heterocycles. The molecule has 0 spiro atoms. The van der Waals surface area contributed by atoms with E-state index in [2.05, 4.69) is 10.6 Å². The molecule has 0 aliphatic heterocycles. The highest BCUT2D eigenvalue weighted by molar-refractivity contribution is 7.80. The van der Waals surface area contributed by atoms with Crippen LogP contribution in [0.4, 0.5) is 11.4 Å². The van der Waals surface area contributed by atoms with Crippen molar-refractivity contribution in [3.05, 3.63) is 58.0 Å². The predicted molar refractivity (Wildman–Crippen MR) is 79.6 cm³/mol. The molecule has 7 heteroatoms. The average molecular weight is 291 g/mol. The van der Waals surface area contributed by atoms with Gasteiger partial charge in [-0.2, -0.15) is 0 Å². The number of benzene rings is 1. The van der Waals surface area contributed by atoms with Crippen molar-refractivity contribution >= 4 is 28.7 Å². The highest BCUT2D eigenvalue weighted by Gasteiger charge is 2.14. The summed E-state index contributed by atoms with van der Waals surface area (Å²) in [5.41, 5.74) is 1.17. The van der Waals surface area contributed by atoms with Crippen molar-refractivity contribution in [2.45, 2.75) is 13.5 Å². The number of nitrogens with one attached hydrogen (secondary N) is 2. The second-order valence-electron chi connectivity index (χ2n) is 4.16. The topological polar surface area (TPSA) is 80.3 Å². The zero-order valence-electron chi connectivity index (χ0n) is 10.8. The van der Waals surface area contributed by atoms with Crippen molar-refractivity contribution in [3.8, 4) is 0 Å². The van der Waals surface area contributed by atoms with E-state index in [-0.39, 0.29) is 5.69 Å². The minimum Gasteiger partial charge on any atom is -0.467 e. The Hall–Kier alpha value is -2.41. The molecule has 0 aliphatic rings. The molecule has 2 aromatic rings. The molecule has 0 atom stereocenters. The molecule has 0 bridgehead atoms. The van der Waals surface area contributed by atoms with Gasteiger partial charge in [-0.25, -0.2) is 0 Å². The molecular formula is C13H13N3O3S. The summed E-state index contributed by atoms with van der Waals surface area (Å²) in [4.78, 5) is 10.5. The van der Waals surface area contributed by atoms with Crippen LogP contribution >= 0.6 is 12.2 Å². The van der Waals surface area contributed by atoms with Crippen LogP contribution in [-0.4, -0.2) is 10.0 Å². The number of anilines is 1. The lowest BCUT2D eigenvalue weighted by Gasteiger charge is -2.10. The summed E-state index contributed by atoms with van der Waals surface area (Å²) in [6, 6.07) is 8.50. The summed E-state index contributed by atoms with van der Waals surface area (Å²) in [6.45, 7) is 2.21. The Morgan fingerprint density at radius 1 is 1.45 bits per heavy atom. The Morgan fingerprint density at radius 3 is 2.90 bits per heavy atom. The van der Waals surface area contributed by atoms with Crippen LogP contribution in [0.3, 0.4) is 0 Å². The second-order valence-corrected chi connectivity index (χ2v) is 4.57. The molecule has 2 N–H and O–H groups in total. The lowest BCUT2D eigenvalue weighted by Crippen LogP contribution is -2.28. The van der Waals surface area contributed by atoms with Crippen LogP contribution in [0, 0.1) is 17.0 Å². The summed E-state index contributed by atoms with van der Waals surface area (Å²) in [5, 5.41) is 17.0. The fraction of sp³-hybridized carbons (Fsp3) is 0.154. The number of nitro benzene ring substituents is 1. The Labute approximate surface area is 120 Å². The molecule has 1 aromatic carbocycles. The summed E-state index contributed by atoms with van der Waals surface area (Å²) in [6.07, 6.45) is 1.57. The summed E-state index contributed by atoms with van der Waals surface area (Å²) in [5.74, 6) is 0.729. The molecule has 0 fully saturated rings. The van der Waals surface area contributed by atoms with E-state index in [1.807, 2.05) is 6.07 Å². The SMILES string of the molecule is Cc1ccc(NC(=S)NCc2ccco2)c([N+](=O)[O-])c1. The van der Waals surface area contributed by atoms with E-state index in [4.69, 9.17) is 16.6 Å². The van der Waals surface area contributed by atoms with Gasteiger partial charge in [0.25, 0.3) is 5.69 Å². The second kappa shape index (κ2) is 6.16. The van der Waals surface area contributed by atoms with Gasteiger partial charge in [-0.15, -0.1) is 0 Å². The number of rotatable bonds is 4. The first kappa shape index (κ1) is 14.0. The molecular weight excluding hydrogens is 278 g/mol. The molecule has 0 aliphatic carbocycles. The van der Waals surface area contributed by atoms with Crippen molar-refractivity contribution in [3.63, 3.8) is 0 Å². The van der Waals surface area contributed by atoms with E-state index in [9.17, 15) is 10.1 Å². The van der Waals surface area contributed by atoms with E-state index in [0.717, 1.165) is 11.3 Å². The van der Waals surface area contributed by atoms with Crippen molar-refractivity contribution in [2.24, 2.45) is 0 Å². The maximum Gasteiger partial charge on any atom is 0.292 e. The smallest absolute Gasteiger partial charge is 0.292 e. The average Bonchev–Trinajstić information content (AvgIpc) is 2.91. The van der Waals surface area contributed by atoms with E-state index < -0.39 is 4.92 Å². The van der Waals surface area contributed by atoms with Crippen LogP contribution in [0.1, 0.15) is 11.3 Å². The molecule has 6 nitrogen and oxygen atoms in total. The predicted octanol–water partition coefficient (Wildman–Crippen LogP) is 2.98. The molecule has 1 heterocycles. The Balaban J connectivity index is 2.02. The normalized spacial score (nSPS) is 10.1. The first-order valence-electron chi connectivity index (χ1n) is 5.88. The van der Waals surface area contributed by atoms with Crippen molar-refractivity contribution in [1.82, 2.24) is 5.32 Å². The summed E-state index contributed by atoms with van der Waals surface area (Å²) >= 11 is 5.10. The fourth-order valence-corrected chi connectivity index (χ4v) is 1.83. The lowest BCUT2D eigenvalue weighted by molar-refractivity contribution is -0.383.